The number of nitrogens with zero attached hydrogens (tertiary/aromatic N) is 4. The van der Waals surface area contributed by atoms with Gasteiger partial charge in [0.25, 0.3) is 5.91 Å². The summed E-state index contributed by atoms with van der Waals surface area (Å²) in [5.41, 5.74) is 0.536. The number of alkyl halides is 3. The van der Waals surface area contributed by atoms with E-state index in [4.69, 9.17) is 34.8 Å². The number of halogens is 6. The number of phenols is 1. The Hall–Kier alpha value is -3.57. The number of carbonyl (C=O) groups is 1. The van der Waals surface area contributed by atoms with Crippen LogP contribution >= 0.6 is 46.1 Å². The fourth-order valence-electron chi connectivity index (χ4n) is 4.70. The molecule has 1 aliphatic heterocycles. The fourth-order valence-corrected chi connectivity index (χ4v) is 6.02. The minimum Gasteiger partial charge on any atom is -0.508 e. The van der Waals surface area contributed by atoms with Gasteiger partial charge in [0.05, 0.1) is 31.7 Å². The molecule has 0 aliphatic carbocycles. The van der Waals surface area contributed by atoms with E-state index in [2.05, 4.69) is 10.2 Å². The summed E-state index contributed by atoms with van der Waals surface area (Å²) in [7, 11) is 0. The highest BCUT2D eigenvalue weighted by molar-refractivity contribution is 7.19. The molecular formula is C28H16Cl3F3N4O2S. The maximum atomic E-state index is 14.1. The van der Waals surface area contributed by atoms with E-state index in [0.717, 1.165) is 22.4 Å². The van der Waals surface area contributed by atoms with Gasteiger partial charge in [0, 0.05) is 16.9 Å². The van der Waals surface area contributed by atoms with E-state index >= 15 is 0 Å². The second kappa shape index (κ2) is 10.4. The number of phenolic OH excluding ortho intramolecular Hbond substituents is 1. The molecule has 208 valence electrons. The molecule has 5 aromatic rings. The monoisotopic (exact) mass is 634 g/mol. The van der Waals surface area contributed by atoms with Gasteiger partial charge < -0.3 is 5.11 Å². The standard InChI is InChI=1S/C28H16Cl3F3N4O2S/c29-18-6-5-14(10-19(18)30)20-13-22(17-3-1-2-4-23(17)39)38(35-20)27(40)21-12-16-9-15(24-7-8-26(31)41-24)11-25(28(32,33)34)37(16)36-21/h1-12,22,39H,13H2. The molecule has 0 bridgehead atoms. The van der Waals surface area contributed by atoms with Crippen LogP contribution in [0.3, 0.4) is 0 Å². The summed E-state index contributed by atoms with van der Waals surface area (Å²) in [6, 6.07) is 17.6. The SMILES string of the molecule is O=C(c1cc2cc(-c3ccc(Cl)s3)cc(C(F)(F)F)n2n1)N1N=C(c2ccc(Cl)c(Cl)c2)CC1c1ccccc1O. The Morgan fingerprint density at radius 2 is 1.73 bits per heavy atom. The van der Waals surface area contributed by atoms with Gasteiger partial charge in [-0.1, -0.05) is 59.1 Å². The van der Waals surface area contributed by atoms with Crippen molar-refractivity contribution in [1.29, 1.82) is 0 Å². The van der Waals surface area contributed by atoms with Crippen LogP contribution in [-0.4, -0.2) is 31.3 Å². The molecule has 1 N–H and O–H groups in total. The van der Waals surface area contributed by atoms with Crippen LogP contribution in [0.4, 0.5) is 13.2 Å². The third-order valence-electron chi connectivity index (χ3n) is 6.59. The summed E-state index contributed by atoms with van der Waals surface area (Å²) in [6.07, 6.45) is -4.56. The van der Waals surface area contributed by atoms with Gasteiger partial charge in [-0.3, -0.25) is 4.79 Å². The molecule has 0 saturated heterocycles. The van der Waals surface area contributed by atoms with Gasteiger partial charge in [-0.05, 0) is 59.7 Å². The van der Waals surface area contributed by atoms with Crippen molar-refractivity contribution in [2.24, 2.45) is 5.10 Å². The molecule has 1 unspecified atom stereocenters. The van der Waals surface area contributed by atoms with Gasteiger partial charge in [0.1, 0.15) is 11.4 Å². The van der Waals surface area contributed by atoms with Crippen LogP contribution in [0.5, 0.6) is 5.75 Å². The Bertz CT molecular complexity index is 1870. The second-order valence-corrected chi connectivity index (χ2v) is 11.7. The number of rotatable bonds is 4. The summed E-state index contributed by atoms with van der Waals surface area (Å²) in [5, 5.41) is 20.9. The molecule has 1 aliphatic rings. The molecule has 6 rings (SSSR count). The van der Waals surface area contributed by atoms with Crippen molar-refractivity contribution in [2.45, 2.75) is 18.6 Å². The van der Waals surface area contributed by atoms with Crippen LogP contribution in [0, 0.1) is 0 Å². The molecule has 13 heteroatoms. The van der Waals surface area contributed by atoms with Crippen LogP contribution in [0.1, 0.15) is 39.8 Å². The van der Waals surface area contributed by atoms with Crippen LogP contribution in [-0.2, 0) is 6.18 Å². The third-order valence-corrected chi connectivity index (χ3v) is 8.61. The lowest BCUT2D eigenvalue weighted by atomic mass is 9.97. The number of hydrogen-bond acceptors (Lipinski definition) is 5. The average Bonchev–Trinajstić information content (AvgIpc) is 3.67. The Balaban J connectivity index is 1.46. The molecule has 0 radical (unpaired) electrons. The van der Waals surface area contributed by atoms with E-state index in [-0.39, 0.29) is 28.9 Å². The number of fused-ring (bicyclic) bond motifs is 1. The Morgan fingerprint density at radius 3 is 2.41 bits per heavy atom. The number of aromatic hydroxyl groups is 1. The van der Waals surface area contributed by atoms with Crippen molar-refractivity contribution >= 4 is 63.3 Å². The predicted molar refractivity (Wildman–Crippen MR) is 153 cm³/mol. The van der Waals surface area contributed by atoms with Gasteiger partial charge >= 0.3 is 6.18 Å². The zero-order chi connectivity index (χ0) is 29.1. The molecule has 0 spiro atoms. The molecule has 1 amide bonds. The highest BCUT2D eigenvalue weighted by atomic mass is 35.5. The fraction of sp³-hybridized carbons (Fsp3) is 0.107. The molecule has 6 nitrogen and oxygen atoms in total. The Labute approximate surface area is 249 Å². The minimum atomic E-state index is -4.76. The van der Waals surface area contributed by atoms with E-state index < -0.39 is 23.8 Å². The van der Waals surface area contributed by atoms with Gasteiger partial charge in [-0.2, -0.15) is 23.4 Å². The van der Waals surface area contributed by atoms with Gasteiger partial charge in [-0.25, -0.2) is 9.52 Å². The zero-order valence-corrected chi connectivity index (χ0v) is 23.6. The highest BCUT2D eigenvalue weighted by Crippen LogP contribution is 2.40. The van der Waals surface area contributed by atoms with Crippen LogP contribution in [0.2, 0.25) is 14.4 Å². The smallest absolute Gasteiger partial charge is 0.433 e. The van der Waals surface area contributed by atoms with E-state index in [0.29, 0.717) is 40.6 Å². The van der Waals surface area contributed by atoms with Crippen LogP contribution < -0.4 is 0 Å². The summed E-state index contributed by atoms with van der Waals surface area (Å²) < 4.78 is 43.5. The minimum absolute atomic E-state index is 0.0606. The number of pyridine rings is 1. The lowest BCUT2D eigenvalue weighted by molar-refractivity contribution is -0.142. The van der Waals surface area contributed by atoms with Crippen molar-refractivity contribution in [2.75, 3.05) is 0 Å². The largest absolute Gasteiger partial charge is 0.508 e. The molecule has 1 atom stereocenters. The number of hydrogen-bond donors (Lipinski definition) is 1. The zero-order valence-electron chi connectivity index (χ0n) is 20.5. The number of aromatic nitrogens is 2. The van der Waals surface area contributed by atoms with Gasteiger partial charge in [-0.15, -0.1) is 11.3 Å². The summed E-state index contributed by atoms with van der Waals surface area (Å²) in [6.45, 7) is 0. The highest BCUT2D eigenvalue weighted by Gasteiger charge is 2.38. The van der Waals surface area contributed by atoms with Crippen molar-refractivity contribution in [3.8, 4) is 16.2 Å². The van der Waals surface area contributed by atoms with Crippen LogP contribution in [0.25, 0.3) is 16.0 Å². The first-order valence-corrected chi connectivity index (χ1v) is 14.0. The summed E-state index contributed by atoms with van der Waals surface area (Å²) in [5.74, 6) is -0.805. The number of amides is 1. The van der Waals surface area contributed by atoms with Crippen molar-refractivity contribution in [3.63, 3.8) is 0 Å². The second-order valence-electron chi connectivity index (χ2n) is 9.20. The quantitative estimate of drug-likeness (QED) is 0.215. The maximum absolute atomic E-state index is 14.1. The van der Waals surface area contributed by atoms with E-state index in [9.17, 15) is 23.1 Å². The predicted octanol–water partition coefficient (Wildman–Crippen LogP) is 8.74. The van der Waals surface area contributed by atoms with Gasteiger partial charge in [0.15, 0.2) is 5.69 Å². The maximum Gasteiger partial charge on any atom is 0.433 e. The van der Waals surface area contributed by atoms with Gasteiger partial charge in [0.2, 0.25) is 0 Å². The number of thiophene rings is 1. The van der Waals surface area contributed by atoms with Crippen molar-refractivity contribution < 1.29 is 23.1 Å². The average molecular weight is 636 g/mol. The first-order valence-electron chi connectivity index (χ1n) is 12.0. The molecule has 0 fully saturated rings. The summed E-state index contributed by atoms with van der Waals surface area (Å²) in [4.78, 5) is 14.4. The molecule has 0 saturated carbocycles. The molecule has 41 heavy (non-hydrogen) atoms. The van der Waals surface area contributed by atoms with E-state index in [1.165, 1.54) is 18.2 Å². The molecular weight excluding hydrogens is 620 g/mol. The van der Waals surface area contributed by atoms with Crippen molar-refractivity contribution in [1.82, 2.24) is 14.6 Å². The van der Waals surface area contributed by atoms with Crippen LogP contribution in [0.15, 0.2) is 77.9 Å². The number of carbonyl (C=O) groups excluding carboxylic acids is 1. The van der Waals surface area contributed by atoms with Crippen molar-refractivity contribution in [3.05, 3.63) is 110 Å². The Morgan fingerprint density at radius 1 is 0.951 bits per heavy atom. The lowest BCUT2D eigenvalue weighted by Gasteiger charge is -2.21. The number of para-hydroxylation sites is 1. The lowest BCUT2D eigenvalue weighted by Crippen LogP contribution is -2.27. The number of hydrazone groups is 1. The third kappa shape index (κ3) is 5.17. The number of benzene rings is 2. The molecule has 4 heterocycles. The molecule has 3 aromatic heterocycles. The van der Waals surface area contributed by atoms with E-state index in [1.54, 1.807) is 48.5 Å². The topological polar surface area (TPSA) is 70.2 Å². The Kier molecular flexibility index (Phi) is 6.97. The first kappa shape index (κ1) is 27.6. The molecule has 2 aromatic carbocycles. The summed E-state index contributed by atoms with van der Waals surface area (Å²) >= 11 is 19.4. The van der Waals surface area contributed by atoms with E-state index in [1.807, 2.05) is 0 Å². The normalized spacial score (nSPS) is 15.5. The first-order chi connectivity index (χ1) is 19.5.